The summed E-state index contributed by atoms with van der Waals surface area (Å²) in [6, 6.07) is 5.99. The molecule has 1 unspecified atom stereocenters. The Morgan fingerprint density at radius 2 is 1.61 bits per heavy atom. The zero-order valence-corrected chi connectivity index (χ0v) is 31.5. The number of carbonyl (C=O) groups is 3. The number of fused-ring (bicyclic) bond motifs is 7. The van der Waals surface area contributed by atoms with Gasteiger partial charge >= 0.3 is 11.9 Å². The van der Waals surface area contributed by atoms with Crippen LogP contribution in [0.3, 0.4) is 0 Å². The molecular weight excluding hydrogens is 614 g/mol. The SMILES string of the molecule is COC(=O)C(Cc1ccc(O)cc1)NC(=O)[C@]12CC[C@@H](C)[C@H](C)[C@H]1C1=CC[C@@H]3[C@@]4(C)CC[C@H](OC(C)=O)C(C)(C)[C@@H]4CC[C@@]3(C)[C@]1(C)CC2. The summed E-state index contributed by atoms with van der Waals surface area (Å²) in [4.78, 5) is 40.0. The zero-order valence-electron chi connectivity index (χ0n) is 31.5. The van der Waals surface area contributed by atoms with E-state index in [9.17, 15) is 19.5 Å². The second kappa shape index (κ2) is 12.4. The summed E-state index contributed by atoms with van der Waals surface area (Å²) in [5.74, 6) is 1.46. The minimum atomic E-state index is -0.803. The minimum absolute atomic E-state index is 0.0122. The predicted octanol–water partition coefficient (Wildman–Crippen LogP) is 8.18. The molecule has 11 atom stereocenters. The number of carbonyl (C=O) groups excluding carboxylic acids is 3. The van der Waals surface area contributed by atoms with E-state index in [1.54, 1.807) is 24.3 Å². The normalized spacial score (nSPS) is 41.4. The van der Waals surface area contributed by atoms with Gasteiger partial charge in [0.1, 0.15) is 17.9 Å². The van der Waals surface area contributed by atoms with Crippen LogP contribution in [0.4, 0.5) is 0 Å². The molecule has 5 aliphatic rings. The number of benzene rings is 1. The Morgan fingerprint density at radius 1 is 0.918 bits per heavy atom. The van der Waals surface area contributed by atoms with Gasteiger partial charge in [-0.25, -0.2) is 4.79 Å². The number of hydrogen-bond donors (Lipinski definition) is 2. The Labute approximate surface area is 294 Å². The molecule has 1 aromatic carbocycles. The highest BCUT2D eigenvalue weighted by Crippen LogP contribution is 2.76. The summed E-state index contributed by atoms with van der Waals surface area (Å²) in [6.45, 7) is 18.6. The third-order valence-corrected chi connectivity index (χ3v) is 15.9. The van der Waals surface area contributed by atoms with Crippen molar-refractivity contribution < 1.29 is 29.0 Å². The first-order valence-electron chi connectivity index (χ1n) is 19.0. The van der Waals surface area contributed by atoms with Crippen LogP contribution in [0.15, 0.2) is 35.9 Å². The lowest BCUT2D eigenvalue weighted by molar-refractivity contribution is -0.212. The van der Waals surface area contributed by atoms with Crippen LogP contribution in [0.25, 0.3) is 0 Å². The molecule has 0 heterocycles. The Balaban J connectivity index is 1.34. The third kappa shape index (κ3) is 5.46. The molecule has 7 nitrogen and oxygen atoms in total. The van der Waals surface area contributed by atoms with Crippen molar-refractivity contribution in [2.75, 3.05) is 7.11 Å². The summed E-state index contributed by atoms with van der Waals surface area (Å²) in [5, 5.41) is 13.0. The first kappa shape index (κ1) is 36.0. The van der Waals surface area contributed by atoms with Gasteiger partial charge in [0.25, 0.3) is 0 Å². The van der Waals surface area contributed by atoms with Gasteiger partial charge in [-0.1, -0.05) is 72.2 Å². The lowest BCUT2D eigenvalue weighted by Gasteiger charge is -2.71. The maximum Gasteiger partial charge on any atom is 0.328 e. The fourth-order valence-corrected chi connectivity index (χ4v) is 12.8. The summed E-state index contributed by atoms with van der Waals surface area (Å²) in [5.41, 5.74) is 1.87. The fraction of sp³-hybridized carbons (Fsp3) is 0.738. The van der Waals surface area contributed by atoms with Gasteiger partial charge < -0.3 is 19.9 Å². The van der Waals surface area contributed by atoms with Crippen LogP contribution in [0, 0.1) is 56.7 Å². The molecule has 0 bridgehead atoms. The second-order valence-electron chi connectivity index (χ2n) is 18.2. The Bertz CT molecular complexity index is 1500. The number of aromatic hydroxyl groups is 1. The van der Waals surface area contributed by atoms with E-state index < -0.39 is 17.4 Å². The van der Waals surface area contributed by atoms with E-state index in [4.69, 9.17) is 9.47 Å². The smallest absolute Gasteiger partial charge is 0.328 e. The first-order valence-corrected chi connectivity index (χ1v) is 19.0. The van der Waals surface area contributed by atoms with Crippen LogP contribution in [0.5, 0.6) is 5.75 Å². The molecular formula is C42H61NO6. The van der Waals surface area contributed by atoms with Crippen molar-refractivity contribution in [2.45, 2.75) is 132 Å². The van der Waals surface area contributed by atoms with E-state index in [1.165, 1.54) is 19.6 Å². The predicted molar refractivity (Wildman–Crippen MR) is 190 cm³/mol. The highest BCUT2D eigenvalue weighted by atomic mass is 16.5. The molecule has 0 spiro atoms. The molecule has 6 rings (SSSR count). The number of amides is 1. The van der Waals surface area contributed by atoms with Gasteiger partial charge in [0.05, 0.1) is 12.5 Å². The van der Waals surface area contributed by atoms with Crippen molar-refractivity contribution in [1.82, 2.24) is 5.32 Å². The van der Waals surface area contributed by atoms with E-state index in [2.05, 4.69) is 59.9 Å². The zero-order chi connectivity index (χ0) is 35.7. The number of methoxy groups -OCH3 is 1. The highest BCUT2D eigenvalue weighted by Gasteiger charge is 2.69. The number of esters is 2. The number of phenolic OH excluding ortho intramolecular Hbond substituents is 1. The molecule has 49 heavy (non-hydrogen) atoms. The number of rotatable bonds is 6. The summed E-state index contributed by atoms with van der Waals surface area (Å²) < 4.78 is 11.1. The van der Waals surface area contributed by atoms with Gasteiger partial charge in [0.2, 0.25) is 5.91 Å². The van der Waals surface area contributed by atoms with Crippen molar-refractivity contribution in [2.24, 2.45) is 56.7 Å². The molecule has 7 heteroatoms. The van der Waals surface area contributed by atoms with Crippen LogP contribution in [0.1, 0.15) is 119 Å². The maximum atomic E-state index is 14.8. The van der Waals surface area contributed by atoms with Gasteiger partial charge in [-0.2, -0.15) is 0 Å². The van der Waals surface area contributed by atoms with Gasteiger partial charge in [-0.3, -0.25) is 9.59 Å². The standard InChI is InChI=1S/C42H61NO6/c1-25-16-21-42(37(47)43-31(36(46)48-9)24-28-10-12-29(45)13-11-28)23-22-40(7)30(35(42)26(25)2)14-15-33-39(6)19-18-34(49-27(3)44)38(4,5)32(39)17-20-41(33,40)8/h10-14,25-26,31-35,45H,15-24H2,1-9H3,(H,43,47)/t25-,26+,31?,32+,33-,34+,35+,39+,40-,41-,42+/m1/s1. The quantitative estimate of drug-likeness (QED) is 0.233. The van der Waals surface area contributed by atoms with Crippen molar-refractivity contribution >= 4 is 17.8 Å². The highest BCUT2D eigenvalue weighted by molar-refractivity contribution is 5.89. The molecule has 0 radical (unpaired) electrons. The second-order valence-corrected chi connectivity index (χ2v) is 18.2. The van der Waals surface area contributed by atoms with Crippen molar-refractivity contribution in [3.63, 3.8) is 0 Å². The van der Waals surface area contributed by atoms with E-state index >= 15 is 0 Å². The van der Waals surface area contributed by atoms with Crippen LogP contribution in [-0.4, -0.2) is 42.2 Å². The number of nitrogens with one attached hydrogen (secondary N) is 1. The van der Waals surface area contributed by atoms with Gasteiger partial charge in [0.15, 0.2) is 0 Å². The molecule has 0 aromatic heterocycles. The molecule has 1 aromatic rings. The minimum Gasteiger partial charge on any atom is -0.508 e. The third-order valence-electron chi connectivity index (χ3n) is 15.9. The summed E-state index contributed by atoms with van der Waals surface area (Å²) >= 11 is 0. The molecule has 5 aliphatic carbocycles. The van der Waals surface area contributed by atoms with Crippen molar-refractivity contribution in [3.05, 3.63) is 41.5 Å². The summed E-state index contributed by atoms with van der Waals surface area (Å²) in [7, 11) is 1.37. The Kier molecular flexibility index (Phi) is 9.13. The van der Waals surface area contributed by atoms with Crippen molar-refractivity contribution in [3.8, 4) is 5.75 Å². The van der Waals surface area contributed by atoms with Crippen LogP contribution in [-0.2, 0) is 30.3 Å². The lowest BCUT2D eigenvalue weighted by Crippen LogP contribution is -2.66. The molecule has 4 fully saturated rings. The molecule has 270 valence electrons. The van der Waals surface area contributed by atoms with Gasteiger partial charge in [-0.05, 0) is 121 Å². The van der Waals surface area contributed by atoms with E-state index in [0.29, 0.717) is 30.1 Å². The van der Waals surface area contributed by atoms with Gasteiger partial charge in [-0.15, -0.1) is 0 Å². The number of hydrogen-bond acceptors (Lipinski definition) is 6. The van der Waals surface area contributed by atoms with Gasteiger partial charge in [0, 0.05) is 18.8 Å². The summed E-state index contributed by atoms with van der Waals surface area (Å²) in [6.07, 6.45) is 11.7. The molecule has 2 N–H and O–H groups in total. The average Bonchev–Trinajstić information content (AvgIpc) is 3.04. The fourth-order valence-electron chi connectivity index (χ4n) is 12.8. The molecule has 4 saturated carbocycles. The lowest BCUT2D eigenvalue weighted by atomic mass is 9.33. The van der Waals surface area contributed by atoms with E-state index in [1.807, 2.05) is 0 Å². The largest absolute Gasteiger partial charge is 0.508 e. The van der Waals surface area contributed by atoms with E-state index in [-0.39, 0.29) is 51.3 Å². The molecule has 0 saturated heterocycles. The van der Waals surface area contributed by atoms with Crippen LogP contribution < -0.4 is 5.32 Å². The van der Waals surface area contributed by atoms with Crippen LogP contribution in [0.2, 0.25) is 0 Å². The maximum absolute atomic E-state index is 14.8. The Morgan fingerprint density at radius 3 is 2.27 bits per heavy atom. The monoisotopic (exact) mass is 675 g/mol. The van der Waals surface area contributed by atoms with Crippen LogP contribution >= 0.6 is 0 Å². The first-order chi connectivity index (χ1) is 22.9. The number of ether oxygens (including phenoxy) is 2. The average molecular weight is 676 g/mol. The number of phenols is 1. The molecule has 0 aliphatic heterocycles. The molecule has 1 amide bonds. The topological polar surface area (TPSA) is 102 Å². The Hall–Kier alpha value is -2.83. The number of allylic oxidation sites excluding steroid dienone is 2. The van der Waals surface area contributed by atoms with Crippen molar-refractivity contribution in [1.29, 1.82) is 0 Å². The van der Waals surface area contributed by atoms with E-state index in [0.717, 1.165) is 63.4 Å².